The average Bonchev–Trinajstić information content (AvgIpc) is 1.65. The molecule has 0 radical (unpaired) electrons. The fraction of sp³-hybridized carbons (Fsp3) is 0.0261. The minimum absolute atomic E-state index is 0.200. The highest BCUT2D eigenvalue weighted by Gasteiger charge is 2.33. The van der Waals surface area contributed by atoms with Crippen LogP contribution in [0, 0.1) is 0 Å². The molecule has 3 aliphatic carbocycles. The van der Waals surface area contributed by atoms with Gasteiger partial charge < -0.3 is 13.6 Å². The number of hydrogen-bond donors (Lipinski definition) is 0. The van der Waals surface area contributed by atoms with E-state index in [1.54, 1.807) is 0 Å². The number of rotatable bonds is 10. The molecule has 3 aromatic heterocycles. The largest absolute Gasteiger partial charge is 0.456 e. The molecule has 0 saturated carbocycles. The molecule has 0 bridgehead atoms. The van der Waals surface area contributed by atoms with E-state index >= 15 is 0 Å². The lowest BCUT2D eigenvalue weighted by Gasteiger charge is -2.17. The Morgan fingerprint density at radius 3 is 1.31 bits per heavy atom. The molecule has 118 heavy (non-hydrogen) atoms. The Bertz CT molecular complexity index is 7830. The van der Waals surface area contributed by atoms with Crippen LogP contribution in [0.1, 0.15) is 56.3 Å². The fourth-order valence-electron chi connectivity index (χ4n) is 20.1. The molecule has 0 amide bonds. The van der Waals surface area contributed by atoms with Crippen molar-refractivity contribution in [2.45, 2.75) is 18.3 Å². The summed E-state index contributed by atoms with van der Waals surface area (Å²) in [7, 11) is 0. The van der Waals surface area contributed by atoms with Crippen molar-refractivity contribution in [1.29, 1.82) is 0 Å². The number of benzene rings is 19. The molecule has 19 aromatic carbocycles. The highest BCUT2D eigenvalue weighted by molar-refractivity contribution is 6.15. The maximum atomic E-state index is 6.18. The van der Waals surface area contributed by atoms with Crippen LogP contribution >= 0.6 is 0 Å². The predicted molar refractivity (Wildman–Crippen MR) is 493 cm³/mol. The lowest BCUT2D eigenvalue weighted by molar-refractivity contribution is 0.669. The van der Waals surface area contributed by atoms with Gasteiger partial charge in [-0.3, -0.25) is 0 Å². The first-order valence-corrected chi connectivity index (χ1v) is 41.1. The van der Waals surface area contributed by atoms with Crippen LogP contribution in [0.4, 0.5) is 0 Å². The maximum Gasteiger partial charge on any atom is 0.135 e. The molecule has 0 aliphatic heterocycles. The molecule has 3 aliphatic rings. The van der Waals surface area contributed by atoms with Crippen molar-refractivity contribution in [2.75, 3.05) is 0 Å². The minimum atomic E-state index is 0.200. The fourth-order valence-corrected chi connectivity index (χ4v) is 20.1. The van der Waals surface area contributed by atoms with Gasteiger partial charge in [-0.2, -0.15) is 0 Å². The average molecular weight is 1500 g/mol. The van der Waals surface area contributed by atoms with E-state index in [0.29, 0.717) is 0 Å². The van der Waals surface area contributed by atoms with Crippen LogP contribution in [0.2, 0.25) is 0 Å². The summed E-state index contributed by atoms with van der Waals surface area (Å²) in [5, 5.41) is 9.67. The third-order valence-electron chi connectivity index (χ3n) is 25.6. The second-order valence-corrected chi connectivity index (χ2v) is 32.0. The van der Waals surface area contributed by atoms with Crippen LogP contribution in [0.15, 0.2) is 429 Å². The smallest absolute Gasteiger partial charge is 0.135 e. The maximum absolute atomic E-state index is 6.18. The first kappa shape index (κ1) is 67.4. The second kappa shape index (κ2) is 27.3. The van der Waals surface area contributed by atoms with Gasteiger partial charge in [0.15, 0.2) is 0 Å². The van der Waals surface area contributed by atoms with Gasteiger partial charge in [0.25, 0.3) is 0 Å². The molecule has 3 heterocycles. The van der Waals surface area contributed by atoms with Crippen LogP contribution in [0.3, 0.4) is 0 Å². The van der Waals surface area contributed by atoms with E-state index in [1.165, 1.54) is 205 Å². The molecule has 25 rings (SSSR count). The lowest BCUT2D eigenvalue weighted by Crippen LogP contribution is -1.99. The third kappa shape index (κ3) is 11.0. The van der Waals surface area contributed by atoms with Crippen molar-refractivity contribution in [3.8, 4) is 112 Å². The molecule has 550 valence electrons. The van der Waals surface area contributed by atoms with Gasteiger partial charge in [0.2, 0.25) is 0 Å². The molecular formula is C115H74N2O. The molecule has 0 N–H and O–H groups in total. The third-order valence-corrected chi connectivity index (χ3v) is 25.6. The zero-order valence-electron chi connectivity index (χ0n) is 64.6. The molecule has 0 spiro atoms. The van der Waals surface area contributed by atoms with Crippen LogP contribution in [-0.2, 0) is 6.42 Å². The van der Waals surface area contributed by atoms with Crippen LogP contribution in [-0.4, -0.2) is 9.13 Å². The Labute approximate surface area is 684 Å². The van der Waals surface area contributed by atoms with Crippen LogP contribution < -0.4 is 0 Å². The molecule has 2 atom stereocenters. The van der Waals surface area contributed by atoms with Gasteiger partial charge in [0.1, 0.15) is 11.2 Å². The predicted octanol–water partition coefficient (Wildman–Crippen LogP) is 30.5. The molecule has 3 heteroatoms. The van der Waals surface area contributed by atoms with Gasteiger partial charge in [-0.05, 0) is 247 Å². The molecule has 22 aromatic rings. The van der Waals surface area contributed by atoms with Gasteiger partial charge >= 0.3 is 0 Å². The number of nitrogens with zero attached hydrogens (tertiary/aromatic N) is 2. The minimum Gasteiger partial charge on any atom is -0.456 e. The monoisotopic (exact) mass is 1500 g/mol. The quantitative estimate of drug-likeness (QED) is 0.134. The van der Waals surface area contributed by atoms with E-state index < -0.39 is 0 Å². The molecule has 3 nitrogen and oxygen atoms in total. The summed E-state index contributed by atoms with van der Waals surface area (Å²) < 4.78 is 11.0. The van der Waals surface area contributed by atoms with E-state index in [-0.39, 0.29) is 11.8 Å². The highest BCUT2D eigenvalue weighted by Crippen LogP contribution is 2.53. The first-order chi connectivity index (χ1) is 58.5. The van der Waals surface area contributed by atoms with Gasteiger partial charge in [0.05, 0.1) is 27.8 Å². The summed E-state index contributed by atoms with van der Waals surface area (Å²) in [5.74, 6) is 0.401. The lowest BCUT2D eigenvalue weighted by atomic mass is 9.86. The van der Waals surface area contributed by atoms with Gasteiger partial charge in [-0.1, -0.05) is 334 Å². The highest BCUT2D eigenvalue weighted by atomic mass is 16.3. The number of aromatic nitrogens is 2. The Balaban J connectivity index is 0.000000135. The zero-order valence-corrected chi connectivity index (χ0v) is 64.6. The van der Waals surface area contributed by atoms with E-state index in [4.69, 9.17) is 4.42 Å². The first-order valence-electron chi connectivity index (χ1n) is 41.1. The number of fused-ring (bicyclic) bond motifs is 19. The summed E-state index contributed by atoms with van der Waals surface area (Å²) in [6.45, 7) is 0. The van der Waals surface area contributed by atoms with Crippen LogP contribution in [0.5, 0.6) is 0 Å². The van der Waals surface area contributed by atoms with Gasteiger partial charge in [-0.25, -0.2) is 0 Å². The van der Waals surface area contributed by atoms with Crippen molar-refractivity contribution in [1.82, 2.24) is 9.13 Å². The Morgan fingerprint density at radius 2 is 0.619 bits per heavy atom. The van der Waals surface area contributed by atoms with Crippen molar-refractivity contribution >= 4 is 76.3 Å². The molecule has 2 unspecified atom stereocenters. The van der Waals surface area contributed by atoms with Crippen LogP contribution in [0.25, 0.3) is 188 Å². The SMILES string of the molecule is c1ccc(-c2ccc(-n3c4ccccc4c4cc(-c5ccc6c(c5)c5ccccc5n6-c5ccc(-c6ccc7oc8ccccc8c7c6)c6ccccc56)ccc43)cc2)cc1.c1ccc(-c2cccc(C3c4ccccc4-c4cc(-c5ccc6c(c5)-c5ccccc5C6c5ccc(-c6ccc7c(c6)-c6ccccc6C7)cc5)ccc43)c2)cc1. The summed E-state index contributed by atoms with van der Waals surface area (Å²) in [4.78, 5) is 0. The van der Waals surface area contributed by atoms with Gasteiger partial charge in [0, 0.05) is 55.2 Å². The molecule has 0 fully saturated rings. The molecule has 0 saturated heterocycles. The van der Waals surface area contributed by atoms with E-state index in [2.05, 4.69) is 422 Å². The van der Waals surface area contributed by atoms with Crippen molar-refractivity contribution in [3.63, 3.8) is 0 Å². The number of hydrogen-bond acceptors (Lipinski definition) is 1. The summed E-state index contributed by atoms with van der Waals surface area (Å²) in [6, 6.07) is 157. The standard InChI is InChI=1S/C58H36N2O.C57H38/c1-2-12-37(13-3-1)38-22-27-42(28-23-38)59-52-19-9-6-16-46(52)49-34-39(24-30-55(49)59)40-25-31-56-50(35-40)47-17-7-10-20-53(47)60(56)54-32-29-43(44-14-4-5-15-45(44)54)41-26-33-58-51(36-41)48-18-8-11-21-57(48)61-58;1-2-11-36(12-3-1)39-14-10-15-45(31-39)57-50-20-9-7-18-48(50)55-35-42(28-30-52(55)57)41-27-29-51-54(34-41)47-17-6-8-19-49(47)56(51)38-23-21-37(22-24-38)40-25-26-44-32-43-13-4-5-16-46(43)53(44)33-40/h1-36H;1-31,33-35,56-57H,32H2. The topological polar surface area (TPSA) is 23.0 Å². The van der Waals surface area contributed by atoms with E-state index in [1.807, 2.05) is 12.1 Å². The summed E-state index contributed by atoms with van der Waals surface area (Å²) >= 11 is 0. The zero-order chi connectivity index (χ0) is 77.5. The second-order valence-electron chi connectivity index (χ2n) is 32.0. The Morgan fingerprint density at radius 1 is 0.195 bits per heavy atom. The van der Waals surface area contributed by atoms with Crippen molar-refractivity contribution in [3.05, 3.63) is 469 Å². The summed E-state index contributed by atoms with van der Waals surface area (Å²) in [5.41, 5.74) is 42.9. The number of para-hydroxylation sites is 3. The van der Waals surface area contributed by atoms with Crippen molar-refractivity contribution < 1.29 is 4.42 Å². The van der Waals surface area contributed by atoms with E-state index in [9.17, 15) is 0 Å². The van der Waals surface area contributed by atoms with E-state index in [0.717, 1.165) is 34.0 Å². The normalized spacial score (nSPS) is 13.6. The Kier molecular flexibility index (Phi) is 15.6. The molecular weight excluding hydrogens is 1430 g/mol. The summed E-state index contributed by atoms with van der Waals surface area (Å²) in [6.07, 6.45) is 1.03. The van der Waals surface area contributed by atoms with Crippen molar-refractivity contribution in [2.24, 2.45) is 0 Å². The number of furan rings is 1. The Hall–Kier alpha value is -15.2. The van der Waals surface area contributed by atoms with Gasteiger partial charge in [-0.15, -0.1) is 0 Å².